The van der Waals surface area contributed by atoms with Gasteiger partial charge in [-0.3, -0.25) is 0 Å². The molecule has 1 fully saturated rings. The summed E-state index contributed by atoms with van der Waals surface area (Å²) in [5.74, 6) is 1.08. The van der Waals surface area contributed by atoms with E-state index in [1.807, 2.05) is 36.4 Å². The van der Waals surface area contributed by atoms with Gasteiger partial charge in [0.2, 0.25) is 0 Å². The highest BCUT2D eigenvalue weighted by Gasteiger charge is 2.29. The number of aliphatic hydroxyl groups is 1. The SMILES string of the molecule is O[C@@H](C[NH2+]C[C@H](c1ccco1)[NH+]1CCCCC1)c1ccccc1. The van der Waals surface area contributed by atoms with Crippen LogP contribution in [0.25, 0.3) is 0 Å². The fourth-order valence-corrected chi connectivity index (χ4v) is 3.56. The van der Waals surface area contributed by atoms with E-state index in [2.05, 4.69) is 11.4 Å². The Hall–Kier alpha value is -1.62. The largest absolute Gasteiger partial charge is 0.463 e. The summed E-state index contributed by atoms with van der Waals surface area (Å²) in [5.41, 5.74) is 0.989. The first-order chi connectivity index (χ1) is 11.3. The van der Waals surface area contributed by atoms with Crippen molar-refractivity contribution in [3.05, 3.63) is 60.1 Å². The minimum absolute atomic E-state index is 0.383. The fraction of sp³-hybridized carbons (Fsp3) is 0.474. The van der Waals surface area contributed by atoms with Crippen LogP contribution in [0.2, 0.25) is 0 Å². The van der Waals surface area contributed by atoms with Gasteiger partial charge in [-0.1, -0.05) is 30.3 Å². The van der Waals surface area contributed by atoms with E-state index < -0.39 is 6.10 Å². The summed E-state index contributed by atoms with van der Waals surface area (Å²) in [5, 5.41) is 12.5. The van der Waals surface area contributed by atoms with E-state index in [9.17, 15) is 5.11 Å². The molecule has 0 radical (unpaired) electrons. The zero-order chi connectivity index (χ0) is 15.9. The van der Waals surface area contributed by atoms with Crippen LogP contribution in [-0.4, -0.2) is 31.3 Å². The Balaban J connectivity index is 1.56. The third-order valence-electron chi connectivity index (χ3n) is 4.85. The highest BCUT2D eigenvalue weighted by atomic mass is 16.3. The maximum Gasteiger partial charge on any atom is 0.195 e. The lowest BCUT2D eigenvalue weighted by atomic mass is 10.1. The monoisotopic (exact) mass is 316 g/mol. The van der Waals surface area contributed by atoms with Gasteiger partial charge in [0.05, 0.1) is 19.4 Å². The summed E-state index contributed by atoms with van der Waals surface area (Å²) in [4.78, 5) is 1.62. The number of quaternary nitrogens is 2. The minimum Gasteiger partial charge on any atom is -0.463 e. The van der Waals surface area contributed by atoms with Crippen LogP contribution in [0.3, 0.4) is 0 Å². The Morgan fingerprint density at radius 2 is 1.78 bits per heavy atom. The van der Waals surface area contributed by atoms with E-state index in [4.69, 9.17) is 4.42 Å². The van der Waals surface area contributed by atoms with Crippen molar-refractivity contribution in [1.29, 1.82) is 0 Å². The highest BCUT2D eigenvalue weighted by Crippen LogP contribution is 2.11. The number of hydrogen-bond donors (Lipinski definition) is 3. The molecule has 0 aliphatic carbocycles. The van der Waals surface area contributed by atoms with Gasteiger partial charge in [-0.25, -0.2) is 0 Å². The lowest BCUT2D eigenvalue weighted by Crippen LogP contribution is -3.15. The second kappa shape index (κ2) is 8.29. The smallest absolute Gasteiger partial charge is 0.195 e. The lowest BCUT2D eigenvalue weighted by molar-refractivity contribution is -0.950. The molecule has 1 aliphatic heterocycles. The number of nitrogens with one attached hydrogen (secondary N) is 1. The molecule has 0 amide bonds. The molecule has 0 unspecified atom stereocenters. The summed E-state index contributed by atoms with van der Waals surface area (Å²) in [7, 11) is 0. The van der Waals surface area contributed by atoms with Crippen molar-refractivity contribution >= 4 is 0 Å². The van der Waals surface area contributed by atoms with Crippen molar-refractivity contribution in [3.63, 3.8) is 0 Å². The molecule has 1 aromatic heterocycles. The van der Waals surface area contributed by atoms with Crippen molar-refractivity contribution in [2.45, 2.75) is 31.4 Å². The molecule has 2 heterocycles. The van der Waals surface area contributed by atoms with Crippen LogP contribution in [0.5, 0.6) is 0 Å². The van der Waals surface area contributed by atoms with E-state index in [1.54, 1.807) is 11.2 Å². The molecule has 0 saturated carbocycles. The van der Waals surface area contributed by atoms with Gasteiger partial charge in [0.15, 0.2) is 11.8 Å². The zero-order valence-electron chi connectivity index (χ0n) is 13.7. The van der Waals surface area contributed by atoms with Crippen LogP contribution >= 0.6 is 0 Å². The van der Waals surface area contributed by atoms with Gasteiger partial charge in [0, 0.05) is 0 Å². The number of likely N-dealkylation sites (tertiary alicyclic amines) is 1. The number of hydrogen-bond acceptors (Lipinski definition) is 2. The molecule has 4 nitrogen and oxygen atoms in total. The van der Waals surface area contributed by atoms with Crippen molar-refractivity contribution in [3.8, 4) is 0 Å². The van der Waals surface area contributed by atoms with Gasteiger partial charge < -0.3 is 19.7 Å². The summed E-state index contributed by atoms with van der Waals surface area (Å²) in [6, 6.07) is 14.3. The molecule has 4 heteroatoms. The molecule has 1 saturated heterocycles. The van der Waals surface area contributed by atoms with Gasteiger partial charge >= 0.3 is 0 Å². The first-order valence-electron chi connectivity index (χ1n) is 8.77. The third-order valence-corrected chi connectivity index (χ3v) is 4.85. The lowest BCUT2D eigenvalue weighted by Gasteiger charge is -2.29. The molecule has 4 N–H and O–H groups in total. The third kappa shape index (κ3) is 4.44. The number of aliphatic hydroxyl groups excluding tert-OH is 1. The number of benzene rings is 1. The second-order valence-corrected chi connectivity index (χ2v) is 6.47. The topological polar surface area (TPSA) is 54.4 Å². The predicted molar refractivity (Wildman–Crippen MR) is 89.1 cm³/mol. The zero-order valence-corrected chi connectivity index (χ0v) is 13.7. The van der Waals surface area contributed by atoms with Gasteiger partial charge in [0.1, 0.15) is 19.2 Å². The van der Waals surface area contributed by atoms with Gasteiger partial charge in [-0.2, -0.15) is 0 Å². The van der Waals surface area contributed by atoms with E-state index in [-0.39, 0.29) is 0 Å². The molecule has 2 aromatic rings. The van der Waals surface area contributed by atoms with E-state index in [0.29, 0.717) is 12.6 Å². The molecule has 124 valence electrons. The van der Waals surface area contributed by atoms with Crippen molar-refractivity contribution < 1.29 is 19.7 Å². The van der Waals surface area contributed by atoms with E-state index in [0.717, 1.165) is 17.9 Å². The number of nitrogens with two attached hydrogens (primary N) is 1. The molecular weight excluding hydrogens is 288 g/mol. The quantitative estimate of drug-likeness (QED) is 0.704. The predicted octanol–water partition coefficient (Wildman–Crippen LogP) is 0.687. The molecule has 0 bridgehead atoms. The van der Waals surface area contributed by atoms with Crippen LogP contribution in [0.4, 0.5) is 0 Å². The van der Waals surface area contributed by atoms with Crippen molar-refractivity contribution in [2.24, 2.45) is 0 Å². The molecule has 3 rings (SSSR count). The Bertz CT molecular complexity index is 550. The molecule has 2 atom stereocenters. The average Bonchev–Trinajstić information content (AvgIpc) is 3.14. The molecule has 1 aromatic carbocycles. The molecular formula is C19H28N2O2+2. The summed E-state index contributed by atoms with van der Waals surface area (Å²) >= 11 is 0. The standard InChI is InChI=1S/C19H26N2O2/c22-18(16-8-3-1-4-9-16)15-20-14-17(19-10-7-13-23-19)21-11-5-2-6-12-21/h1,3-4,7-10,13,17-18,20,22H,2,5-6,11-12,14-15H2/p+2/t17-,18+/m1/s1. The Labute approximate surface area is 138 Å². The number of furan rings is 1. The van der Waals surface area contributed by atoms with Gasteiger partial charge in [-0.05, 0) is 37.0 Å². The molecule has 0 spiro atoms. The summed E-state index contributed by atoms with van der Waals surface area (Å²) in [6.45, 7) is 4.09. The average molecular weight is 316 g/mol. The summed E-state index contributed by atoms with van der Waals surface area (Å²) < 4.78 is 5.69. The van der Waals surface area contributed by atoms with Crippen LogP contribution in [-0.2, 0) is 0 Å². The van der Waals surface area contributed by atoms with Crippen molar-refractivity contribution in [1.82, 2.24) is 0 Å². The fourth-order valence-electron chi connectivity index (χ4n) is 3.56. The normalized spacial score (nSPS) is 18.7. The number of rotatable bonds is 7. The van der Waals surface area contributed by atoms with Crippen LogP contribution in [0.1, 0.15) is 42.7 Å². The van der Waals surface area contributed by atoms with Crippen LogP contribution in [0, 0.1) is 0 Å². The summed E-state index contributed by atoms with van der Waals surface area (Å²) in [6.07, 6.45) is 5.32. The van der Waals surface area contributed by atoms with Gasteiger partial charge in [-0.15, -0.1) is 0 Å². The van der Waals surface area contributed by atoms with Gasteiger partial charge in [0.25, 0.3) is 0 Å². The molecule has 1 aliphatic rings. The maximum absolute atomic E-state index is 10.3. The minimum atomic E-state index is -0.412. The Morgan fingerprint density at radius 1 is 1.00 bits per heavy atom. The van der Waals surface area contributed by atoms with E-state index >= 15 is 0 Å². The second-order valence-electron chi connectivity index (χ2n) is 6.47. The van der Waals surface area contributed by atoms with Crippen LogP contribution in [0.15, 0.2) is 53.1 Å². The first-order valence-corrected chi connectivity index (χ1v) is 8.77. The Morgan fingerprint density at radius 3 is 2.48 bits per heavy atom. The number of piperidine rings is 1. The van der Waals surface area contributed by atoms with E-state index in [1.165, 1.54) is 32.4 Å². The van der Waals surface area contributed by atoms with Crippen LogP contribution < -0.4 is 10.2 Å². The highest BCUT2D eigenvalue weighted by molar-refractivity contribution is 5.17. The molecule has 23 heavy (non-hydrogen) atoms. The van der Waals surface area contributed by atoms with Crippen molar-refractivity contribution in [2.75, 3.05) is 26.2 Å². The maximum atomic E-state index is 10.3. The Kier molecular flexibility index (Phi) is 5.86. The first kappa shape index (κ1) is 16.2.